The quantitative estimate of drug-likeness (QED) is 0.0816. The van der Waals surface area contributed by atoms with E-state index in [9.17, 15) is 69.9 Å². The number of hydrogen-bond acceptors (Lipinski definition) is 20. The molecule has 5 aliphatic heterocycles. The van der Waals surface area contributed by atoms with Crippen molar-refractivity contribution >= 4 is 29.5 Å². The Morgan fingerprint density at radius 3 is 1.73 bits per heavy atom. The van der Waals surface area contributed by atoms with Crippen molar-refractivity contribution in [3.63, 3.8) is 0 Å². The zero-order chi connectivity index (χ0) is 41.1. The highest BCUT2D eigenvalue weighted by Crippen LogP contribution is 2.31. The van der Waals surface area contributed by atoms with Crippen LogP contribution < -0.4 is 5.32 Å². The fraction of sp³-hybridized carbons (Fsp3) is 0.727. The molecule has 3 saturated heterocycles. The van der Waals surface area contributed by atoms with Gasteiger partial charge in [0.05, 0.1) is 26.4 Å². The van der Waals surface area contributed by atoms with Crippen LogP contribution in [0.15, 0.2) is 24.3 Å². The number of hydrogen-bond donors (Lipinski definition) is 11. The first kappa shape index (κ1) is 48.8. The van der Waals surface area contributed by atoms with E-state index in [1.54, 1.807) is 0 Å². The molecular weight excluding hydrogens is 758 g/mol. The van der Waals surface area contributed by atoms with Crippen molar-refractivity contribution in [2.75, 3.05) is 47.1 Å². The molecule has 14 atom stereocenters. The number of amides is 5. The van der Waals surface area contributed by atoms with Crippen LogP contribution in [0.4, 0.5) is 0 Å². The number of nitrogens with zero attached hydrogens (tertiary/aromatic N) is 2. The highest BCUT2D eigenvalue weighted by atomic mass is 16.7. The molecular formula is C33H53N3O20. The molecule has 23 nitrogen and oxygen atoms in total. The lowest BCUT2D eigenvalue weighted by Crippen LogP contribution is -2.68. The van der Waals surface area contributed by atoms with Crippen molar-refractivity contribution < 1.29 is 98.7 Å². The third-order valence-electron chi connectivity index (χ3n) is 9.09. The molecule has 0 aromatic rings. The van der Waals surface area contributed by atoms with Crippen molar-refractivity contribution in [3.8, 4) is 0 Å². The maximum atomic E-state index is 12.8. The van der Waals surface area contributed by atoms with E-state index in [1.807, 2.05) is 0 Å². The molecule has 23 heteroatoms. The maximum Gasteiger partial charge on any atom is 0.253 e. The van der Waals surface area contributed by atoms with E-state index in [2.05, 4.69) is 5.32 Å². The van der Waals surface area contributed by atoms with Crippen LogP contribution in [0.25, 0.3) is 0 Å². The SMILES string of the molecule is C.CN1C(=O)C=CC1=O.CO.O=C(CCCN1C(=O)C=CC1=O)NC1[C@H](O[C@@H]2C(CO)O[C@H](O[C@@H]3C(CO)OCC(O)[C@H]3O)C(O)[C@H]2O)OC(CO)[C@@H](O)[C@@H]1O. The van der Waals surface area contributed by atoms with Crippen molar-refractivity contribution in [3.05, 3.63) is 24.3 Å². The highest BCUT2D eigenvalue weighted by molar-refractivity contribution is 6.13. The van der Waals surface area contributed by atoms with E-state index in [0.717, 1.165) is 29.1 Å². The molecule has 5 aliphatic rings. The Kier molecular flexibility index (Phi) is 19.6. The van der Waals surface area contributed by atoms with Crippen LogP contribution in [0.5, 0.6) is 0 Å². The number of nitrogens with one attached hydrogen (secondary N) is 1. The number of carbonyl (C=O) groups is 5. The second-order valence-electron chi connectivity index (χ2n) is 12.7. The van der Waals surface area contributed by atoms with Gasteiger partial charge in [0, 0.05) is 51.4 Å². The minimum Gasteiger partial charge on any atom is -0.400 e. The van der Waals surface area contributed by atoms with E-state index in [1.165, 1.54) is 19.2 Å². The molecule has 56 heavy (non-hydrogen) atoms. The number of aliphatic hydroxyl groups excluding tert-OH is 10. The Balaban J connectivity index is 0.000000864. The predicted molar refractivity (Wildman–Crippen MR) is 183 cm³/mol. The van der Waals surface area contributed by atoms with E-state index in [-0.39, 0.29) is 45.2 Å². The second-order valence-corrected chi connectivity index (χ2v) is 12.7. The van der Waals surface area contributed by atoms with E-state index >= 15 is 0 Å². The molecule has 0 radical (unpaired) electrons. The minimum absolute atomic E-state index is 0. The standard InChI is InChI=1S/C26H40N2O17.C5H5NO2.CH4O.CH4/c29-6-11-19(37)20(38)17(27-14(33)2-1-5-28-15(34)3-4-16(28)35)25(42-11)44-24-13(8-31)43-26(22(40)21(24)39)45-23-12(7-30)41-9-10(32)18(23)36;1-6-4(7)2-3-5(6)8;1-2;/h3-4,10-13,17-26,29-32,36-40H,1-2,5-9H2,(H,27,33);2-3H,1H3;2H,1H3;1H4/t10?,11?,12?,13?,17?,18-,19-,20-,21-,22?,23-,24-,25+,26-;;;/m1.../s1. The Morgan fingerprint density at radius 2 is 1.21 bits per heavy atom. The maximum absolute atomic E-state index is 12.8. The Labute approximate surface area is 320 Å². The van der Waals surface area contributed by atoms with E-state index in [4.69, 9.17) is 28.8 Å². The molecule has 5 rings (SSSR count). The lowest BCUT2D eigenvalue weighted by molar-refractivity contribution is -0.362. The van der Waals surface area contributed by atoms with Gasteiger partial charge in [-0.15, -0.1) is 0 Å². The van der Waals surface area contributed by atoms with E-state index in [0.29, 0.717) is 0 Å². The summed E-state index contributed by atoms with van der Waals surface area (Å²) in [6, 6.07) is -1.52. The highest BCUT2D eigenvalue weighted by Gasteiger charge is 2.53. The van der Waals surface area contributed by atoms with Gasteiger partial charge in [0.2, 0.25) is 5.91 Å². The monoisotopic (exact) mass is 811 g/mol. The number of rotatable bonds is 12. The van der Waals surface area contributed by atoms with Crippen molar-refractivity contribution in [1.82, 2.24) is 15.1 Å². The molecule has 5 amide bonds. The average Bonchev–Trinajstić information content (AvgIpc) is 3.66. The Bertz CT molecular complexity index is 1340. The van der Waals surface area contributed by atoms with Gasteiger partial charge in [0.25, 0.3) is 23.6 Å². The van der Waals surface area contributed by atoms with Crippen molar-refractivity contribution in [2.24, 2.45) is 0 Å². The summed E-state index contributed by atoms with van der Waals surface area (Å²) < 4.78 is 27.7. The van der Waals surface area contributed by atoms with Gasteiger partial charge in [-0.25, -0.2) is 0 Å². The molecule has 0 aliphatic carbocycles. The van der Waals surface area contributed by atoms with Crippen LogP contribution in [0.2, 0.25) is 0 Å². The van der Waals surface area contributed by atoms with Gasteiger partial charge in [-0.3, -0.25) is 33.8 Å². The molecule has 0 aromatic carbocycles. The summed E-state index contributed by atoms with van der Waals surface area (Å²) in [4.78, 5) is 59.0. The first-order valence-electron chi connectivity index (χ1n) is 17.0. The first-order valence-corrected chi connectivity index (χ1v) is 17.0. The Hall–Kier alpha value is -3.37. The van der Waals surface area contributed by atoms with Crippen LogP contribution in [0.1, 0.15) is 20.3 Å². The van der Waals surface area contributed by atoms with Gasteiger partial charge in [0.1, 0.15) is 73.2 Å². The van der Waals surface area contributed by atoms with Gasteiger partial charge in [-0.2, -0.15) is 0 Å². The normalized spacial score (nSPS) is 36.7. The molecule has 11 N–H and O–H groups in total. The van der Waals surface area contributed by atoms with Gasteiger partial charge in [-0.1, -0.05) is 7.43 Å². The third-order valence-corrected chi connectivity index (χ3v) is 9.09. The largest absolute Gasteiger partial charge is 0.400 e. The third kappa shape index (κ3) is 11.6. The lowest BCUT2D eigenvalue weighted by atomic mass is 9.95. The minimum atomic E-state index is -1.92. The van der Waals surface area contributed by atoms with Crippen LogP contribution >= 0.6 is 0 Å². The summed E-state index contributed by atoms with van der Waals surface area (Å²) in [6.45, 7) is -2.63. The number of imide groups is 2. The zero-order valence-electron chi connectivity index (χ0n) is 29.8. The Morgan fingerprint density at radius 1 is 0.714 bits per heavy atom. The lowest BCUT2D eigenvalue weighted by Gasteiger charge is -2.48. The number of aliphatic hydroxyl groups is 10. The number of likely N-dealkylation sites (N-methyl/N-ethyl adjacent to an activating group) is 1. The van der Waals surface area contributed by atoms with Gasteiger partial charge < -0.3 is 80.1 Å². The summed E-state index contributed by atoms with van der Waals surface area (Å²) in [6.07, 6.45) is -16.2. The molecule has 320 valence electrons. The van der Waals surface area contributed by atoms with Crippen LogP contribution in [0.3, 0.4) is 0 Å². The van der Waals surface area contributed by atoms with Crippen LogP contribution in [0, 0.1) is 0 Å². The fourth-order valence-electron chi connectivity index (χ4n) is 5.96. The number of ether oxygens (including phenoxy) is 5. The zero-order valence-corrected chi connectivity index (χ0v) is 29.8. The van der Waals surface area contributed by atoms with Crippen LogP contribution in [-0.4, -0.2) is 223 Å². The molecule has 0 bridgehead atoms. The molecule has 5 heterocycles. The molecule has 0 aromatic heterocycles. The second kappa shape index (κ2) is 22.5. The molecule has 6 unspecified atom stereocenters. The average molecular weight is 812 g/mol. The van der Waals surface area contributed by atoms with Gasteiger partial charge in [-0.05, 0) is 6.42 Å². The summed E-state index contributed by atoms with van der Waals surface area (Å²) in [5.74, 6) is -2.25. The smallest absolute Gasteiger partial charge is 0.253 e. The summed E-state index contributed by atoms with van der Waals surface area (Å²) in [7, 11) is 2.45. The molecule has 0 spiro atoms. The van der Waals surface area contributed by atoms with Gasteiger partial charge >= 0.3 is 0 Å². The van der Waals surface area contributed by atoms with Crippen molar-refractivity contribution in [2.45, 2.75) is 106 Å². The molecule has 0 saturated carbocycles. The summed E-state index contributed by atoms with van der Waals surface area (Å²) in [5.41, 5.74) is 0. The van der Waals surface area contributed by atoms with Gasteiger partial charge in [0.15, 0.2) is 12.6 Å². The summed E-state index contributed by atoms with van der Waals surface area (Å²) in [5, 5.41) is 102. The van der Waals surface area contributed by atoms with Crippen molar-refractivity contribution in [1.29, 1.82) is 0 Å². The summed E-state index contributed by atoms with van der Waals surface area (Å²) >= 11 is 0. The topological polar surface area (TPSA) is 352 Å². The predicted octanol–water partition coefficient (Wildman–Crippen LogP) is -7.28. The first-order chi connectivity index (χ1) is 26.1. The molecule has 3 fully saturated rings. The fourth-order valence-corrected chi connectivity index (χ4v) is 5.96. The van der Waals surface area contributed by atoms with Crippen LogP contribution in [-0.2, 0) is 47.7 Å². The van der Waals surface area contributed by atoms with E-state index < -0.39 is 123 Å². The number of carbonyl (C=O) groups excluding carboxylic acids is 5.